The van der Waals surface area contributed by atoms with E-state index in [1.54, 1.807) is 6.07 Å². The number of aromatic nitrogens is 1. The minimum atomic E-state index is -2.80. The van der Waals surface area contributed by atoms with Gasteiger partial charge in [0.2, 0.25) is 0 Å². The molecule has 4 nitrogen and oxygen atoms in total. The summed E-state index contributed by atoms with van der Waals surface area (Å²) in [5.41, 5.74) is 9.89. The van der Waals surface area contributed by atoms with Crippen molar-refractivity contribution in [3.05, 3.63) is 23.0 Å². The third-order valence-electron chi connectivity index (χ3n) is 1.68. The Morgan fingerprint density at radius 3 is 2.64 bits per heavy atom. The Bertz CT molecular complexity index is 384. The highest BCUT2D eigenvalue weighted by atomic mass is 19.3. The van der Waals surface area contributed by atoms with Gasteiger partial charge in [-0.3, -0.25) is 0 Å². The Labute approximate surface area is 79.1 Å². The van der Waals surface area contributed by atoms with Gasteiger partial charge < -0.3 is 11.5 Å². The molecule has 0 aliphatic heterocycles. The van der Waals surface area contributed by atoms with Crippen molar-refractivity contribution in [2.45, 2.75) is 13.0 Å². The van der Waals surface area contributed by atoms with Crippen LogP contribution in [0.2, 0.25) is 0 Å². The smallest absolute Gasteiger partial charge is 0.268 e. The second-order valence-electron chi connectivity index (χ2n) is 2.58. The molecule has 0 spiro atoms. The predicted octanol–water partition coefficient (Wildman–Crippen LogP) is 0.932. The molecule has 0 saturated heterocycles. The van der Waals surface area contributed by atoms with Gasteiger partial charge >= 0.3 is 0 Å². The van der Waals surface area contributed by atoms with Crippen LogP contribution in [0.5, 0.6) is 0 Å². The Morgan fingerprint density at radius 1 is 1.57 bits per heavy atom. The topological polar surface area (TPSA) is 88.7 Å². The second-order valence-corrected chi connectivity index (χ2v) is 2.58. The number of nitrogen functional groups attached to an aromatic ring is 1. The highest BCUT2D eigenvalue weighted by Crippen LogP contribution is 2.27. The molecule has 0 aliphatic rings. The van der Waals surface area contributed by atoms with Crippen LogP contribution in [-0.4, -0.2) is 4.98 Å². The lowest BCUT2D eigenvalue weighted by Gasteiger charge is -2.07. The number of pyridine rings is 1. The number of nitrogens with two attached hydrogens (primary N) is 2. The fourth-order valence-corrected chi connectivity index (χ4v) is 1.05. The lowest BCUT2D eigenvalue weighted by Crippen LogP contribution is -2.07. The Morgan fingerprint density at radius 2 is 2.21 bits per heavy atom. The molecule has 0 bridgehead atoms. The van der Waals surface area contributed by atoms with Crippen LogP contribution in [0.25, 0.3) is 0 Å². The van der Waals surface area contributed by atoms with Crippen LogP contribution in [0.3, 0.4) is 0 Å². The normalized spacial score (nSPS) is 10.2. The number of rotatable bonds is 2. The van der Waals surface area contributed by atoms with E-state index < -0.39 is 12.0 Å². The zero-order valence-corrected chi connectivity index (χ0v) is 7.17. The summed E-state index contributed by atoms with van der Waals surface area (Å²) in [6.07, 6.45) is -2.80. The molecular formula is C8H8F2N4. The van der Waals surface area contributed by atoms with Crippen molar-refractivity contribution in [3.8, 4) is 6.07 Å². The van der Waals surface area contributed by atoms with Crippen LogP contribution in [-0.2, 0) is 6.54 Å². The Hall–Kier alpha value is -1.74. The van der Waals surface area contributed by atoms with Gasteiger partial charge in [0.05, 0.1) is 11.3 Å². The van der Waals surface area contributed by atoms with E-state index in [0.717, 1.165) is 0 Å². The average molecular weight is 198 g/mol. The Balaban J connectivity index is 3.37. The van der Waals surface area contributed by atoms with E-state index in [4.69, 9.17) is 16.7 Å². The molecule has 1 rings (SSSR count). The molecule has 0 amide bonds. The summed E-state index contributed by atoms with van der Waals surface area (Å²) in [6, 6.07) is 2.82. The van der Waals surface area contributed by atoms with E-state index in [-0.39, 0.29) is 17.9 Å². The largest absolute Gasteiger partial charge is 0.398 e. The van der Waals surface area contributed by atoms with E-state index >= 15 is 0 Å². The number of alkyl halides is 2. The first-order chi connectivity index (χ1) is 6.60. The van der Waals surface area contributed by atoms with Gasteiger partial charge in [0.25, 0.3) is 6.43 Å². The average Bonchev–Trinajstić information content (AvgIpc) is 2.15. The van der Waals surface area contributed by atoms with Crippen molar-refractivity contribution >= 4 is 5.69 Å². The summed E-state index contributed by atoms with van der Waals surface area (Å²) in [6.45, 7) is 0.0579. The van der Waals surface area contributed by atoms with E-state index in [2.05, 4.69) is 4.98 Å². The van der Waals surface area contributed by atoms with Crippen LogP contribution in [0.4, 0.5) is 14.5 Å². The van der Waals surface area contributed by atoms with E-state index in [1.807, 2.05) is 0 Å². The minimum absolute atomic E-state index is 0.0579. The first-order valence-corrected chi connectivity index (χ1v) is 3.77. The van der Waals surface area contributed by atoms with Gasteiger partial charge in [0, 0.05) is 12.2 Å². The molecule has 1 aromatic rings. The summed E-state index contributed by atoms with van der Waals surface area (Å²) in [5, 5.41) is 8.57. The molecule has 0 unspecified atom stereocenters. The number of nitriles is 1. The van der Waals surface area contributed by atoms with Gasteiger partial charge in [-0.05, 0) is 6.07 Å². The highest BCUT2D eigenvalue weighted by molar-refractivity contribution is 5.54. The van der Waals surface area contributed by atoms with Crippen LogP contribution < -0.4 is 11.5 Å². The molecule has 74 valence electrons. The van der Waals surface area contributed by atoms with Crippen molar-refractivity contribution in [1.29, 1.82) is 5.26 Å². The van der Waals surface area contributed by atoms with Gasteiger partial charge in [-0.1, -0.05) is 0 Å². The zero-order chi connectivity index (χ0) is 10.7. The number of hydrogen-bond donors (Lipinski definition) is 2. The van der Waals surface area contributed by atoms with Crippen molar-refractivity contribution < 1.29 is 8.78 Å². The molecule has 0 aromatic carbocycles. The number of hydrogen-bond acceptors (Lipinski definition) is 4. The summed E-state index contributed by atoms with van der Waals surface area (Å²) in [4.78, 5) is 3.65. The molecule has 0 saturated carbocycles. The van der Waals surface area contributed by atoms with Gasteiger partial charge in [-0.15, -0.1) is 0 Å². The SMILES string of the molecule is N#Cc1nc(CN)cc(N)c1C(F)F. The van der Waals surface area contributed by atoms with Crippen molar-refractivity contribution in [3.63, 3.8) is 0 Å². The Kier molecular flexibility index (Phi) is 2.94. The second kappa shape index (κ2) is 3.98. The maximum Gasteiger partial charge on any atom is 0.268 e. The third kappa shape index (κ3) is 1.78. The predicted molar refractivity (Wildman–Crippen MR) is 46.2 cm³/mol. The molecule has 4 N–H and O–H groups in total. The fraction of sp³-hybridized carbons (Fsp3) is 0.250. The molecule has 0 fully saturated rings. The maximum absolute atomic E-state index is 12.4. The van der Waals surface area contributed by atoms with Crippen LogP contribution in [0, 0.1) is 11.3 Å². The number of halogens is 2. The molecule has 14 heavy (non-hydrogen) atoms. The zero-order valence-electron chi connectivity index (χ0n) is 7.17. The first kappa shape index (κ1) is 10.3. The van der Waals surface area contributed by atoms with Gasteiger partial charge in [0.15, 0.2) is 5.69 Å². The number of anilines is 1. The first-order valence-electron chi connectivity index (χ1n) is 3.77. The fourth-order valence-electron chi connectivity index (χ4n) is 1.05. The summed E-state index contributed by atoms with van der Waals surface area (Å²) in [5.74, 6) is 0. The van der Waals surface area contributed by atoms with Gasteiger partial charge in [-0.25, -0.2) is 13.8 Å². The molecule has 6 heteroatoms. The highest BCUT2D eigenvalue weighted by Gasteiger charge is 2.18. The molecule has 0 aliphatic carbocycles. The van der Waals surface area contributed by atoms with Crippen LogP contribution >= 0.6 is 0 Å². The van der Waals surface area contributed by atoms with Gasteiger partial charge in [0.1, 0.15) is 6.07 Å². The standard InChI is InChI=1S/C8H8F2N4/c9-8(10)7-5(13)1-4(2-11)14-6(7)3-12/h1,8H,2,11H2,(H2,13,14). The maximum atomic E-state index is 12.4. The van der Waals surface area contributed by atoms with Crippen molar-refractivity contribution in [2.24, 2.45) is 5.73 Å². The molecule has 0 radical (unpaired) electrons. The molecular weight excluding hydrogens is 190 g/mol. The van der Waals surface area contributed by atoms with Crippen molar-refractivity contribution in [2.75, 3.05) is 5.73 Å². The van der Waals surface area contributed by atoms with Crippen LogP contribution in [0.1, 0.15) is 23.4 Å². The lowest BCUT2D eigenvalue weighted by atomic mass is 10.1. The summed E-state index contributed by atoms with van der Waals surface area (Å²) < 4.78 is 24.8. The van der Waals surface area contributed by atoms with Gasteiger partial charge in [-0.2, -0.15) is 5.26 Å². The molecule has 0 atom stereocenters. The van der Waals surface area contributed by atoms with Crippen molar-refractivity contribution in [1.82, 2.24) is 4.98 Å². The van der Waals surface area contributed by atoms with E-state index in [9.17, 15) is 8.78 Å². The van der Waals surface area contributed by atoms with E-state index in [1.165, 1.54) is 6.07 Å². The number of nitrogens with zero attached hydrogens (tertiary/aromatic N) is 2. The summed E-state index contributed by atoms with van der Waals surface area (Å²) >= 11 is 0. The van der Waals surface area contributed by atoms with E-state index in [0.29, 0.717) is 5.69 Å². The molecule has 1 aromatic heterocycles. The molecule has 1 heterocycles. The minimum Gasteiger partial charge on any atom is -0.398 e. The lowest BCUT2D eigenvalue weighted by molar-refractivity contribution is 0.151. The quantitative estimate of drug-likeness (QED) is 0.739. The third-order valence-corrected chi connectivity index (χ3v) is 1.68. The summed E-state index contributed by atoms with van der Waals surface area (Å²) in [7, 11) is 0. The van der Waals surface area contributed by atoms with Crippen LogP contribution in [0.15, 0.2) is 6.07 Å². The monoisotopic (exact) mass is 198 g/mol.